The summed E-state index contributed by atoms with van der Waals surface area (Å²) in [6.45, 7) is 2.67. The molecule has 1 unspecified atom stereocenters. The average molecular weight is 263 g/mol. The van der Waals surface area contributed by atoms with Crippen molar-refractivity contribution >= 4 is 17.5 Å². The van der Waals surface area contributed by atoms with E-state index in [0.29, 0.717) is 25.4 Å². The van der Waals surface area contributed by atoms with E-state index in [0.717, 1.165) is 5.69 Å². The highest BCUT2D eigenvalue weighted by molar-refractivity contribution is 5.83. The first-order chi connectivity index (χ1) is 9.16. The molecule has 6 heteroatoms. The zero-order valence-corrected chi connectivity index (χ0v) is 10.7. The largest absolute Gasteiger partial charge is 0.477 e. The first kappa shape index (κ1) is 13.2. The number of amides is 2. The lowest BCUT2D eigenvalue weighted by atomic mass is 10.2. The second-order valence-corrected chi connectivity index (χ2v) is 4.26. The van der Waals surface area contributed by atoms with Gasteiger partial charge in [0.05, 0.1) is 12.2 Å². The highest BCUT2D eigenvalue weighted by Gasteiger charge is 2.25. The molecule has 2 rings (SSSR count). The van der Waals surface area contributed by atoms with E-state index in [1.807, 2.05) is 24.3 Å². The standard InChI is InChI=1S/C13H17N3O3/c1-9(17)14-6-7-15-13(18)12-8-16-10-4-2-3-5-11(10)19-12/h2-5,12,16H,6-8H2,1H3,(H,14,17)(H,15,18). The Morgan fingerprint density at radius 3 is 2.84 bits per heavy atom. The smallest absolute Gasteiger partial charge is 0.263 e. The second-order valence-electron chi connectivity index (χ2n) is 4.26. The lowest BCUT2D eigenvalue weighted by molar-refractivity contribution is -0.127. The van der Waals surface area contributed by atoms with E-state index in [2.05, 4.69) is 16.0 Å². The van der Waals surface area contributed by atoms with Gasteiger partial charge in [-0.3, -0.25) is 9.59 Å². The zero-order valence-electron chi connectivity index (χ0n) is 10.7. The number of benzene rings is 1. The third-order valence-corrected chi connectivity index (χ3v) is 2.72. The first-order valence-corrected chi connectivity index (χ1v) is 6.18. The Bertz CT molecular complexity index is 476. The SMILES string of the molecule is CC(=O)NCCNC(=O)C1CNc2ccccc2O1. The molecular weight excluding hydrogens is 246 g/mol. The minimum atomic E-state index is -0.549. The summed E-state index contributed by atoms with van der Waals surface area (Å²) >= 11 is 0. The molecule has 0 aliphatic carbocycles. The summed E-state index contributed by atoms with van der Waals surface area (Å²) in [4.78, 5) is 22.5. The average Bonchev–Trinajstić information content (AvgIpc) is 2.42. The molecule has 3 N–H and O–H groups in total. The molecule has 0 bridgehead atoms. The van der Waals surface area contributed by atoms with Gasteiger partial charge in [0.1, 0.15) is 5.75 Å². The van der Waals surface area contributed by atoms with Crippen LogP contribution >= 0.6 is 0 Å². The summed E-state index contributed by atoms with van der Waals surface area (Å²) in [6.07, 6.45) is -0.549. The van der Waals surface area contributed by atoms with Crippen LogP contribution in [0.5, 0.6) is 5.75 Å². The third kappa shape index (κ3) is 3.61. The van der Waals surface area contributed by atoms with Crippen molar-refractivity contribution in [2.75, 3.05) is 25.0 Å². The minimum Gasteiger partial charge on any atom is -0.477 e. The summed E-state index contributed by atoms with van der Waals surface area (Å²) in [5.41, 5.74) is 0.893. The molecule has 0 fully saturated rings. The molecule has 6 nitrogen and oxygen atoms in total. The van der Waals surface area contributed by atoms with Crippen LogP contribution < -0.4 is 20.7 Å². The maximum atomic E-state index is 11.9. The van der Waals surface area contributed by atoms with Crippen LogP contribution in [0.4, 0.5) is 5.69 Å². The van der Waals surface area contributed by atoms with E-state index in [9.17, 15) is 9.59 Å². The number of nitrogens with one attached hydrogen (secondary N) is 3. The van der Waals surface area contributed by atoms with Gasteiger partial charge in [-0.15, -0.1) is 0 Å². The summed E-state index contributed by atoms with van der Waals surface area (Å²) in [5.74, 6) is 0.377. The molecule has 1 aromatic rings. The van der Waals surface area contributed by atoms with Crippen molar-refractivity contribution in [3.05, 3.63) is 24.3 Å². The highest BCUT2D eigenvalue weighted by Crippen LogP contribution is 2.27. The molecule has 0 spiro atoms. The van der Waals surface area contributed by atoms with Crippen molar-refractivity contribution < 1.29 is 14.3 Å². The van der Waals surface area contributed by atoms with Gasteiger partial charge in [-0.25, -0.2) is 0 Å². The fourth-order valence-electron chi connectivity index (χ4n) is 1.80. The van der Waals surface area contributed by atoms with Crippen LogP contribution in [0.3, 0.4) is 0 Å². The zero-order chi connectivity index (χ0) is 13.7. The molecule has 2 amide bonds. The lowest BCUT2D eigenvalue weighted by Gasteiger charge is -2.26. The lowest BCUT2D eigenvalue weighted by Crippen LogP contribution is -2.46. The molecule has 1 atom stereocenters. The van der Waals surface area contributed by atoms with Gasteiger partial charge >= 0.3 is 0 Å². The molecule has 1 aliphatic rings. The number of fused-ring (bicyclic) bond motifs is 1. The number of rotatable bonds is 4. The van der Waals surface area contributed by atoms with E-state index >= 15 is 0 Å². The van der Waals surface area contributed by atoms with Gasteiger partial charge in [0, 0.05) is 20.0 Å². The Morgan fingerprint density at radius 2 is 2.05 bits per heavy atom. The molecule has 0 saturated carbocycles. The summed E-state index contributed by atoms with van der Waals surface area (Å²) in [7, 11) is 0. The van der Waals surface area contributed by atoms with Crippen LogP contribution in [0.25, 0.3) is 0 Å². The number of carbonyl (C=O) groups is 2. The fraction of sp³-hybridized carbons (Fsp3) is 0.385. The maximum Gasteiger partial charge on any atom is 0.263 e. The molecule has 0 radical (unpaired) electrons. The molecular formula is C13H17N3O3. The van der Waals surface area contributed by atoms with E-state index in [1.165, 1.54) is 6.92 Å². The van der Waals surface area contributed by atoms with Crippen LogP contribution in [0.15, 0.2) is 24.3 Å². The Balaban J connectivity index is 1.80. The highest BCUT2D eigenvalue weighted by atomic mass is 16.5. The number of para-hydroxylation sites is 2. The van der Waals surface area contributed by atoms with Crippen LogP contribution in [0, 0.1) is 0 Å². The number of ether oxygens (including phenoxy) is 1. The normalized spacial score (nSPS) is 16.6. The maximum absolute atomic E-state index is 11.9. The van der Waals surface area contributed by atoms with Crippen LogP contribution in [-0.4, -0.2) is 37.6 Å². The Morgan fingerprint density at radius 1 is 1.32 bits per heavy atom. The topological polar surface area (TPSA) is 79.5 Å². The third-order valence-electron chi connectivity index (χ3n) is 2.72. The van der Waals surface area contributed by atoms with Crippen molar-refractivity contribution in [2.24, 2.45) is 0 Å². The molecule has 0 saturated heterocycles. The predicted octanol–water partition coefficient (Wildman–Crippen LogP) is 0.112. The Labute approximate surface area is 111 Å². The van der Waals surface area contributed by atoms with Gasteiger partial charge in [-0.1, -0.05) is 12.1 Å². The van der Waals surface area contributed by atoms with Crippen molar-refractivity contribution in [3.63, 3.8) is 0 Å². The van der Waals surface area contributed by atoms with Crippen molar-refractivity contribution in [1.29, 1.82) is 0 Å². The predicted molar refractivity (Wildman–Crippen MR) is 71.0 cm³/mol. The van der Waals surface area contributed by atoms with E-state index < -0.39 is 6.10 Å². The van der Waals surface area contributed by atoms with Gasteiger partial charge < -0.3 is 20.7 Å². The van der Waals surface area contributed by atoms with Gasteiger partial charge in [-0.2, -0.15) is 0 Å². The second kappa shape index (κ2) is 6.08. The van der Waals surface area contributed by atoms with Crippen LogP contribution in [-0.2, 0) is 9.59 Å². The van der Waals surface area contributed by atoms with Crippen molar-refractivity contribution in [3.8, 4) is 5.75 Å². The van der Waals surface area contributed by atoms with Gasteiger partial charge in [-0.05, 0) is 12.1 Å². The van der Waals surface area contributed by atoms with Crippen molar-refractivity contribution in [2.45, 2.75) is 13.0 Å². The molecule has 19 heavy (non-hydrogen) atoms. The summed E-state index contributed by atoms with van der Waals surface area (Å²) < 4.78 is 5.61. The Hall–Kier alpha value is -2.24. The number of hydrogen-bond donors (Lipinski definition) is 3. The number of hydrogen-bond acceptors (Lipinski definition) is 4. The first-order valence-electron chi connectivity index (χ1n) is 6.18. The van der Waals surface area contributed by atoms with Gasteiger partial charge in [0.25, 0.3) is 5.91 Å². The molecule has 0 aromatic heterocycles. The van der Waals surface area contributed by atoms with Gasteiger partial charge in [0.2, 0.25) is 5.91 Å². The Kier molecular flexibility index (Phi) is 4.22. The van der Waals surface area contributed by atoms with Gasteiger partial charge in [0.15, 0.2) is 6.10 Å². The van der Waals surface area contributed by atoms with Crippen LogP contribution in [0.1, 0.15) is 6.92 Å². The van der Waals surface area contributed by atoms with E-state index in [1.54, 1.807) is 0 Å². The van der Waals surface area contributed by atoms with Crippen LogP contribution in [0.2, 0.25) is 0 Å². The molecule has 1 heterocycles. The molecule has 1 aliphatic heterocycles. The molecule has 1 aromatic carbocycles. The molecule has 102 valence electrons. The van der Waals surface area contributed by atoms with E-state index in [4.69, 9.17) is 4.74 Å². The van der Waals surface area contributed by atoms with E-state index in [-0.39, 0.29) is 11.8 Å². The number of anilines is 1. The summed E-state index contributed by atoms with van der Waals surface area (Å²) in [6, 6.07) is 7.49. The number of carbonyl (C=O) groups excluding carboxylic acids is 2. The quantitative estimate of drug-likeness (QED) is 0.674. The summed E-state index contributed by atoms with van der Waals surface area (Å²) in [5, 5.41) is 8.48. The fourth-order valence-corrected chi connectivity index (χ4v) is 1.80. The van der Waals surface area contributed by atoms with Crippen molar-refractivity contribution in [1.82, 2.24) is 10.6 Å². The monoisotopic (exact) mass is 263 g/mol. The minimum absolute atomic E-state index is 0.112.